The lowest BCUT2D eigenvalue weighted by atomic mass is 10.0. The summed E-state index contributed by atoms with van der Waals surface area (Å²) in [6.07, 6.45) is 3.15. The molecule has 2 aromatic carbocycles. The van der Waals surface area contributed by atoms with E-state index in [1.165, 1.54) is 12.1 Å². The third-order valence-corrected chi connectivity index (χ3v) is 6.29. The van der Waals surface area contributed by atoms with E-state index in [2.05, 4.69) is 11.6 Å². The molecule has 7 heteroatoms. The minimum atomic E-state index is -3.73. The van der Waals surface area contributed by atoms with Crippen LogP contribution >= 0.6 is 0 Å². The summed E-state index contributed by atoms with van der Waals surface area (Å²) in [4.78, 5) is 14.7. The van der Waals surface area contributed by atoms with E-state index in [0.29, 0.717) is 23.6 Å². The van der Waals surface area contributed by atoms with Crippen LogP contribution in [0.25, 0.3) is 0 Å². The summed E-state index contributed by atoms with van der Waals surface area (Å²) in [5.74, 6) is 0.635. The number of anilines is 1. The maximum Gasteiger partial charge on any atom is 0.261 e. The molecule has 28 heavy (non-hydrogen) atoms. The summed E-state index contributed by atoms with van der Waals surface area (Å²) in [6.45, 7) is 5.24. The lowest BCUT2D eigenvalue weighted by Crippen LogP contribution is -2.42. The molecule has 2 aromatic rings. The van der Waals surface area contributed by atoms with Crippen molar-refractivity contribution in [2.24, 2.45) is 0 Å². The summed E-state index contributed by atoms with van der Waals surface area (Å²) in [6, 6.07) is 13.0. The molecule has 3 rings (SSSR count). The van der Waals surface area contributed by atoms with Gasteiger partial charge in [0.2, 0.25) is 0 Å². The lowest BCUT2D eigenvalue weighted by Gasteiger charge is -2.33. The van der Waals surface area contributed by atoms with Crippen LogP contribution in [0.3, 0.4) is 0 Å². The van der Waals surface area contributed by atoms with Gasteiger partial charge >= 0.3 is 0 Å². The second kappa shape index (κ2) is 8.65. The Hall–Kier alpha value is -2.54. The quantitative estimate of drug-likeness (QED) is 0.795. The molecule has 150 valence electrons. The van der Waals surface area contributed by atoms with Gasteiger partial charge in [-0.3, -0.25) is 9.52 Å². The zero-order valence-corrected chi connectivity index (χ0v) is 17.0. The molecule has 1 saturated heterocycles. The third kappa shape index (κ3) is 4.65. The fraction of sp³-hybridized carbons (Fsp3) is 0.381. The summed E-state index contributed by atoms with van der Waals surface area (Å²) in [5.41, 5.74) is 0.958. The van der Waals surface area contributed by atoms with E-state index in [1.807, 2.05) is 11.8 Å². The molecule has 1 aliphatic heterocycles. The molecule has 1 fully saturated rings. The van der Waals surface area contributed by atoms with Crippen molar-refractivity contribution in [2.75, 3.05) is 17.9 Å². The van der Waals surface area contributed by atoms with Crippen LogP contribution < -0.4 is 9.46 Å². The van der Waals surface area contributed by atoms with Gasteiger partial charge in [-0.2, -0.15) is 0 Å². The average Bonchev–Trinajstić information content (AvgIpc) is 2.69. The van der Waals surface area contributed by atoms with Crippen LogP contribution in [0, 0.1) is 0 Å². The fourth-order valence-corrected chi connectivity index (χ4v) is 4.40. The zero-order valence-electron chi connectivity index (χ0n) is 16.2. The molecule has 0 aliphatic carbocycles. The Bertz CT molecular complexity index is 908. The first-order valence-electron chi connectivity index (χ1n) is 9.57. The second-order valence-corrected chi connectivity index (χ2v) is 8.61. The van der Waals surface area contributed by atoms with Crippen LogP contribution in [0.15, 0.2) is 53.4 Å². The molecule has 1 aliphatic rings. The van der Waals surface area contributed by atoms with Gasteiger partial charge in [-0.1, -0.05) is 0 Å². The van der Waals surface area contributed by atoms with Gasteiger partial charge in [0.1, 0.15) is 5.75 Å². The van der Waals surface area contributed by atoms with Crippen molar-refractivity contribution >= 4 is 21.6 Å². The number of carbonyl (C=O) groups is 1. The van der Waals surface area contributed by atoms with E-state index in [1.54, 1.807) is 36.4 Å². The first-order valence-corrected chi connectivity index (χ1v) is 11.1. The summed E-state index contributed by atoms with van der Waals surface area (Å²) in [7, 11) is -3.73. The Balaban J connectivity index is 1.71. The van der Waals surface area contributed by atoms with E-state index in [0.717, 1.165) is 25.8 Å². The van der Waals surface area contributed by atoms with Gasteiger partial charge in [-0.05, 0) is 81.6 Å². The highest BCUT2D eigenvalue weighted by molar-refractivity contribution is 7.92. The van der Waals surface area contributed by atoms with Crippen molar-refractivity contribution in [3.8, 4) is 5.75 Å². The smallest absolute Gasteiger partial charge is 0.261 e. The highest BCUT2D eigenvalue weighted by Gasteiger charge is 2.24. The summed E-state index contributed by atoms with van der Waals surface area (Å²) < 4.78 is 33.1. The zero-order chi connectivity index (χ0) is 20.1. The highest BCUT2D eigenvalue weighted by Crippen LogP contribution is 2.22. The van der Waals surface area contributed by atoms with Crippen LogP contribution in [0.2, 0.25) is 0 Å². The van der Waals surface area contributed by atoms with E-state index in [9.17, 15) is 13.2 Å². The SMILES string of the molecule is CCOc1ccc(NS(=O)(=O)c2ccc(C(=O)N3CCCCC3C)cc2)cc1. The number of sulfonamides is 1. The van der Waals surface area contributed by atoms with Crippen LogP contribution in [-0.4, -0.2) is 38.4 Å². The van der Waals surface area contributed by atoms with Crippen molar-refractivity contribution < 1.29 is 17.9 Å². The Kier molecular flexibility index (Phi) is 6.24. The number of ether oxygens (including phenoxy) is 1. The van der Waals surface area contributed by atoms with Crippen LogP contribution in [-0.2, 0) is 10.0 Å². The standard InChI is InChI=1S/C21H26N2O4S/c1-3-27-19-11-9-18(10-12-19)22-28(25,26)20-13-7-17(8-14-20)21(24)23-15-5-4-6-16(23)2/h7-14,16,22H,3-6,15H2,1-2H3. The van der Waals surface area contributed by atoms with Crippen molar-refractivity contribution in [1.29, 1.82) is 0 Å². The van der Waals surface area contributed by atoms with Crippen LogP contribution in [0.4, 0.5) is 5.69 Å². The Morgan fingerprint density at radius 3 is 2.39 bits per heavy atom. The van der Waals surface area contributed by atoms with E-state index >= 15 is 0 Å². The summed E-state index contributed by atoms with van der Waals surface area (Å²) >= 11 is 0. The molecule has 0 aromatic heterocycles. The van der Waals surface area contributed by atoms with Gasteiger partial charge < -0.3 is 9.64 Å². The van der Waals surface area contributed by atoms with Crippen molar-refractivity contribution in [1.82, 2.24) is 4.90 Å². The molecule has 1 heterocycles. The van der Waals surface area contributed by atoms with E-state index < -0.39 is 10.0 Å². The first kappa shape index (κ1) is 20.2. The molecule has 0 spiro atoms. The topological polar surface area (TPSA) is 75.7 Å². The maximum absolute atomic E-state index is 12.7. The minimum absolute atomic E-state index is 0.0457. The molecule has 1 amide bonds. The molecular weight excluding hydrogens is 376 g/mol. The monoisotopic (exact) mass is 402 g/mol. The van der Waals surface area contributed by atoms with E-state index in [-0.39, 0.29) is 16.8 Å². The maximum atomic E-state index is 12.7. The van der Waals surface area contributed by atoms with Gasteiger partial charge in [-0.15, -0.1) is 0 Å². The fourth-order valence-electron chi connectivity index (χ4n) is 3.34. The number of benzene rings is 2. The molecule has 1 N–H and O–H groups in total. The summed E-state index contributed by atoms with van der Waals surface area (Å²) in [5, 5.41) is 0. The molecule has 0 bridgehead atoms. The van der Waals surface area contributed by atoms with Crippen molar-refractivity contribution in [3.05, 3.63) is 54.1 Å². The Morgan fingerprint density at radius 2 is 1.79 bits per heavy atom. The average molecular weight is 403 g/mol. The molecule has 0 radical (unpaired) electrons. The molecule has 6 nitrogen and oxygen atoms in total. The Morgan fingerprint density at radius 1 is 1.11 bits per heavy atom. The lowest BCUT2D eigenvalue weighted by molar-refractivity contribution is 0.0635. The largest absolute Gasteiger partial charge is 0.494 e. The molecular formula is C21H26N2O4S. The number of hydrogen-bond donors (Lipinski definition) is 1. The van der Waals surface area contributed by atoms with Crippen molar-refractivity contribution in [2.45, 2.75) is 44.0 Å². The van der Waals surface area contributed by atoms with E-state index in [4.69, 9.17) is 4.74 Å². The number of piperidine rings is 1. The van der Waals surface area contributed by atoms with Gasteiger partial charge in [0.25, 0.3) is 15.9 Å². The number of likely N-dealkylation sites (tertiary alicyclic amines) is 1. The highest BCUT2D eigenvalue weighted by atomic mass is 32.2. The second-order valence-electron chi connectivity index (χ2n) is 6.93. The third-order valence-electron chi connectivity index (χ3n) is 4.89. The number of hydrogen-bond acceptors (Lipinski definition) is 4. The van der Waals surface area contributed by atoms with Crippen LogP contribution in [0.1, 0.15) is 43.5 Å². The number of carbonyl (C=O) groups excluding carboxylic acids is 1. The minimum Gasteiger partial charge on any atom is -0.494 e. The first-order chi connectivity index (χ1) is 13.4. The number of amides is 1. The van der Waals surface area contributed by atoms with Gasteiger partial charge in [0.05, 0.1) is 11.5 Å². The number of nitrogens with one attached hydrogen (secondary N) is 1. The number of nitrogens with zero attached hydrogens (tertiary/aromatic N) is 1. The molecule has 0 saturated carbocycles. The predicted molar refractivity (Wildman–Crippen MR) is 109 cm³/mol. The molecule has 1 unspecified atom stereocenters. The molecule has 1 atom stereocenters. The normalized spacial score (nSPS) is 17.2. The predicted octanol–water partition coefficient (Wildman–Crippen LogP) is 3.90. The van der Waals surface area contributed by atoms with Crippen LogP contribution in [0.5, 0.6) is 5.75 Å². The number of rotatable bonds is 6. The Labute approximate surface area is 166 Å². The van der Waals surface area contributed by atoms with Gasteiger partial charge in [0, 0.05) is 23.8 Å². The van der Waals surface area contributed by atoms with Gasteiger partial charge in [-0.25, -0.2) is 8.42 Å². The van der Waals surface area contributed by atoms with Crippen molar-refractivity contribution in [3.63, 3.8) is 0 Å². The van der Waals surface area contributed by atoms with Gasteiger partial charge in [0.15, 0.2) is 0 Å².